The molecule has 0 N–H and O–H groups in total. The number of hydrogen-bond donors (Lipinski definition) is 0. The third kappa shape index (κ3) is 7.39. The van der Waals surface area contributed by atoms with E-state index in [9.17, 15) is 26.3 Å². The summed E-state index contributed by atoms with van der Waals surface area (Å²) in [5, 5.41) is 0. The van der Waals surface area contributed by atoms with Gasteiger partial charge >= 0.3 is 12.4 Å². The van der Waals surface area contributed by atoms with Crippen molar-refractivity contribution in [2.45, 2.75) is 12.4 Å². The van der Waals surface area contributed by atoms with E-state index < -0.39 is 23.5 Å². The lowest BCUT2D eigenvalue weighted by Crippen LogP contribution is -2.05. The first-order valence-electron chi connectivity index (χ1n) is 16.2. The van der Waals surface area contributed by atoms with Crippen LogP contribution in [0.4, 0.5) is 26.3 Å². The Labute approximate surface area is 295 Å². The Kier molecular flexibility index (Phi) is 9.26. The van der Waals surface area contributed by atoms with Gasteiger partial charge in [-0.3, -0.25) is 0 Å². The minimum absolute atomic E-state index is 0.0676. The van der Waals surface area contributed by atoms with Crippen LogP contribution in [0.3, 0.4) is 0 Å². The van der Waals surface area contributed by atoms with E-state index in [2.05, 4.69) is 39.2 Å². The van der Waals surface area contributed by atoms with E-state index in [1.807, 2.05) is 91.0 Å². The second kappa shape index (κ2) is 14.1. The second-order valence-electron chi connectivity index (χ2n) is 11.9. The number of alkyl halides is 6. The predicted molar refractivity (Wildman–Crippen MR) is 190 cm³/mol. The normalized spacial score (nSPS) is 11.7. The highest BCUT2D eigenvalue weighted by molar-refractivity contribution is 6.04. The van der Waals surface area contributed by atoms with Crippen LogP contribution in [0.25, 0.3) is 45.3 Å². The maximum atomic E-state index is 13.3. The topological polar surface area (TPSA) is 38.7 Å². The summed E-state index contributed by atoms with van der Waals surface area (Å²) in [4.78, 5) is 13.7. The number of rotatable bonds is 7. The summed E-state index contributed by atoms with van der Waals surface area (Å²) in [6.45, 7) is 0. The van der Waals surface area contributed by atoms with Crippen LogP contribution in [0.2, 0.25) is 0 Å². The van der Waals surface area contributed by atoms with Crippen LogP contribution in [0, 0.1) is 0 Å². The molecule has 0 aliphatic heterocycles. The fourth-order valence-corrected chi connectivity index (χ4v) is 5.89. The van der Waals surface area contributed by atoms with Gasteiger partial charge in [-0.1, -0.05) is 140 Å². The second-order valence-corrected chi connectivity index (χ2v) is 11.9. The molecule has 6 aromatic carbocycles. The van der Waals surface area contributed by atoms with E-state index in [1.165, 1.54) is 24.3 Å². The summed E-state index contributed by atoms with van der Waals surface area (Å²) in [7, 11) is 0. The Morgan fingerprint density at radius 2 is 0.558 bits per heavy atom. The first kappa shape index (κ1) is 34.1. The van der Waals surface area contributed by atoms with Gasteiger partial charge in [0.15, 0.2) is 17.5 Å². The Balaban J connectivity index is 1.37. The van der Waals surface area contributed by atoms with Crippen LogP contribution in [-0.4, -0.2) is 15.0 Å². The summed E-state index contributed by atoms with van der Waals surface area (Å²) in [6, 6.07) is 46.5. The molecule has 7 aromatic rings. The molecule has 1 aromatic heterocycles. The molecule has 0 spiro atoms. The van der Waals surface area contributed by atoms with Gasteiger partial charge in [0.2, 0.25) is 0 Å². The monoisotopic (exact) mass is 699 g/mol. The van der Waals surface area contributed by atoms with E-state index in [1.54, 1.807) is 0 Å². The summed E-state index contributed by atoms with van der Waals surface area (Å²) in [5.74, 6) is 0.332. The molecule has 9 heteroatoms. The molecule has 0 saturated carbocycles. The molecule has 256 valence electrons. The molecule has 0 saturated heterocycles. The average Bonchev–Trinajstić information content (AvgIpc) is 3.17. The molecule has 0 fully saturated rings. The third-order valence-electron chi connectivity index (χ3n) is 8.45. The Morgan fingerprint density at radius 3 is 0.827 bits per heavy atom. The fourth-order valence-electron chi connectivity index (χ4n) is 5.89. The molecular formula is C43H27F6N3. The maximum absolute atomic E-state index is 13.3. The van der Waals surface area contributed by atoms with Crippen molar-refractivity contribution < 1.29 is 26.3 Å². The zero-order chi connectivity index (χ0) is 36.3. The molecule has 0 atom stereocenters. The minimum Gasteiger partial charge on any atom is -0.208 e. The Hall–Kier alpha value is -6.35. The van der Waals surface area contributed by atoms with Crippen LogP contribution in [0.1, 0.15) is 33.4 Å². The molecule has 0 radical (unpaired) electrons. The highest BCUT2D eigenvalue weighted by Crippen LogP contribution is 2.38. The number of benzene rings is 6. The van der Waals surface area contributed by atoms with Crippen molar-refractivity contribution in [3.8, 4) is 34.2 Å². The number of nitrogens with zero attached hydrogens (tertiary/aromatic N) is 3. The van der Waals surface area contributed by atoms with E-state index in [0.29, 0.717) is 5.56 Å². The largest absolute Gasteiger partial charge is 0.416 e. The van der Waals surface area contributed by atoms with Crippen molar-refractivity contribution in [3.05, 3.63) is 197 Å². The van der Waals surface area contributed by atoms with Crippen molar-refractivity contribution in [2.24, 2.45) is 0 Å². The van der Waals surface area contributed by atoms with Crippen molar-refractivity contribution in [1.82, 2.24) is 15.0 Å². The Morgan fingerprint density at radius 1 is 0.308 bits per heavy atom. The van der Waals surface area contributed by atoms with Crippen molar-refractivity contribution in [2.75, 3.05) is 0 Å². The minimum atomic E-state index is -4.54. The predicted octanol–water partition coefficient (Wildman–Crippen LogP) is 11.9. The standard InChI is InChI=1S/C43H27F6N3/c44-42(45,46)35-24-20-33(21-25-35)40-50-39(51-41(52-40)34-22-26-36(27-23-34)43(47,48)49)32-18-16-31(17-19-32)38(30-14-8-3-9-15-30)37(28-10-4-1-5-11-28)29-12-6-2-7-13-29/h1-27H. The van der Waals surface area contributed by atoms with E-state index in [-0.39, 0.29) is 28.6 Å². The zero-order valence-electron chi connectivity index (χ0n) is 27.2. The van der Waals surface area contributed by atoms with Crippen LogP contribution < -0.4 is 0 Å². The number of aromatic nitrogens is 3. The fraction of sp³-hybridized carbons (Fsp3) is 0.0465. The summed E-state index contributed by atoms with van der Waals surface area (Å²) >= 11 is 0. The summed E-state index contributed by atoms with van der Waals surface area (Å²) < 4.78 is 80.0. The van der Waals surface area contributed by atoms with Gasteiger partial charge in [0.05, 0.1) is 11.1 Å². The highest BCUT2D eigenvalue weighted by atomic mass is 19.4. The number of halogens is 6. The van der Waals surface area contributed by atoms with Gasteiger partial charge in [0, 0.05) is 16.7 Å². The summed E-state index contributed by atoms with van der Waals surface area (Å²) in [6.07, 6.45) is -9.08. The molecular weight excluding hydrogens is 672 g/mol. The molecule has 0 bridgehead atoms. The third-order valence-corrected chi connectivity index (χ3v) is 8.45. The average molecular weight is 700 g/mol. The lowest BCUT2D eigenvalue weighted by molar-refractivity contribution is -0.138. The molecule has 0 aliphatic carbocycles. The molecule has 0 amide bonds. The molecule has 1 heterocycles. The van der Waals surface area contributed by atoms with Crippen molar-refractivity contribution >= 4 is 11.1 Å². The maximum Gasteiger partial charge on any atom is 0.416 e. The van der Waals surface area contributed by atoms with Gasteiger partial charge in [0.1, 0.15) is 0 Å². The van der Waals surface area contributed by atoms with E-state index in [4.69, 9.17) is 0 Å². The molecule has 0 unspecified atom stereocenters. The van der Waals surface area contributed by atoms with Gasteiger partial charge in [0.25, 0.3) is 0 Å². The molecule has 0 aliphatic rings. The van der Waals surface area contributed by atoms with Gasteiger partial charge < -0.3 is 0 Å². The van der Waals surface area contributed by atoms with Crippen molar-refractivity contribution in [3.63, 3.8) is 0 Å². The lowest BCUT2D eigenvalue weighted by Gasteiger charge is -2.18. The smallest absolute Gasteiger partial charge is 0.208 e. The quantitative estimate of drug-likeness (QED) is 0.123. The number of hydrogen-bond acceptors (Lipinski definition) is 3. The van der Waals surface area contributed by atoms with Gasteiger partial charge in [-0.25, -0.2) is 15.0 Å². The van der Waals surface area contributed by atoms with Crippen LogP contribution >= 0.6 is 0 Å². The zero-order valence-corrected chi connectivity index (χ0v) is 27.2. The molecule has 3 nitrogen and oxygen atoms in total. The molecule has 52 heavy (non-hydrogen) atoms. The highest BCUT2D eigenvalue weighted by Gasteiger charge is 2.31. The van der Waals surface area contributed by atoms with Crippen LogP contribution in [0.15, 0.2) is 164 Å². The van der Waals surface area contributed by atoms with Crippen LogP contribution in [-0.2, 0) is 12.4 Å². The van der Waals surface area contributed by atoms with Crippen LogP contribution in [0.5, 0.6) is 0 Å². The van der Waals surface area contributed by atoms with Gasteiger partial charge in [-0.05, 0) is 57.7 Å². The Bertz CT molecular complexity index is 2200. The molecule has 7 rings (SSSR count). The van der Waals surface area contributed by atoms with Gasteiger partial charge in [-0.2, -0.15) is 26.3 Å². The van der Waals surface area contributed by atoms with Gasteiger partial charge in [-0.15, -0.1) is 0 Å². The first-order chi connectivity index (χ1) is 25.0. The lowest BCUT2D eigenvalue weighted by atomic mass is 9.85. The first-order valence-corrected chi connectivity index (χ1v) is 16.2. The summed E-state index contributed by atoms with van der Waals surface area (Å²) in [5.41, 5.74) is 5.41. The van der Waals surface area contributed by atoms with E-state index in [0.717, 1.165) is 57.7 Å². The SMILES string of the molecule is FC(F)(F)c1ccc(-c2nc(-c3ccc(C(=C(c4ccccc4)c4ccccc4)c4ccccc4)cc3)nc(-c3ccc(C(F)(F)F)cc3)n2)cc1. The van der Waals surface area contributed by atoms with E-state index >= 15 is 0 Å². The van der Waals surface area contributed by atoms with Crippen molar-refractivity contribution in [1.29, 1.82) is 0 Å².